The average molecular weight is 404 g/mol. The van der Waals surface area contributed by atoms with Gasteiger partial charge >= 0.3 is 0 Å². The highest BCUT2D eigenvalue weighted by Gasteiger charge is 2.20. The maximum Gasteiger partial charge on any atom is 0.233 e. The van der Waals surface area contributed by atoms with Crippen LogP contribution in [0.1, 0.15) is 44.1 Å². The average Bonchev–Trinajstić information content (AvgIpc) is 3.00. The highest BCUT2D eigenvalue weighted by atomic mass is 32.2. The number of hydrogen-bond acceptors (Lipinski definition) is 5. The second-order valence-corrected chi connectivity index (χ2v) is 8.64. The molecule has 0 radical (unpaired) electrons. The zero-order chi connectivity index (χ0) is 20.7. The highest BCUT2D eigenvalue weighted by Crippen LogP contribution is 2.24. The zero-order valence-corrected chi connectivity index (χ0v) is 17.8. The number of benzene rings is 1. The number of primary amides is 1. The topological polar surface area (TPSA) is 103 Å². The molecule has 2 aromatic rings. The first-order valence-electron chi connectivity index (χ1n) is 9.46. The smallest absolute Gasteiger partial charge is 0.233 e. The van der Waals surface area contributed by atoms with Crippen molar-refractivity contribution in [1.82, 2.24) is 20.1 Å². The van der Waals surface area contributed by atoms with Crippen LogP contribution in [0.15, 0.2) is 29.4 Å². The van der Waals surface area contributed by atoms with Gasteiger partial charge in [-0.05, 0) is 25.3 Å². The van der Waals surface area contributed by atoms with E-state index in [-0.39, 0.29) is 23.5 Å². The van der Waals surface area contributed by atoms with Crippen LogP contribution in [0.2, 0.25) is 0 Å². The molecule has 152 valence electrons. The fourth-order valence-electron chi connectivity index (χ4n) is 2.63. The highest BCUT2D eigenvalue weighted by molar-refractivity contribution is 8.00. The van der Waals surface area contributed by atoms with Crippen molar-refractivity contribution < 1.29 is 9.59 Å². The van der Waals surface area contributed by atoms with Crippen molar-refractivity contribution in [3.8, 4) is 0 Å². The van der Waals surface area contributed by atoms with E-state index in [4.69, 9.17) is 5.73 Å². The molecular formula is C20H29N5O2S. The van der Waals surface area contributed by atoms with E-state index in [9.17, 15) is 9.59 Å². The van der Waals surface area contributed by atoms with Crippen LogP contribution < -0.4 is 11.1 Å². The Labute approximate surface area is 170 Å². The van der Waals surface area contributed by atoms with Crippen LogP contribution >= 0.6 is 11.8 Å². The van der Waals surface area contributed by atoms with Crippen molar-refractivity contribution in [2.45, 2.75) is 64.0 Å². The van der Waals surface area contributed by atoms with E-state index in [1.54, 1.807) is 0 Å². The largest absolute Gasteiger partial charge is 0.370 e. The molecule has 0 saturated carbocycles. The SMILES string of the molecule is Cc1ccc(CNC(=O)[C@@H](C)Sc2nnc(CCC(N)=O)n2CC(C)C)cc1. The lowest BCUT2D eigenvalue weighted by Gasteiger charge is -2.15. The van der Waals surface area contributed by atoms with Gasteiger partial charge in [-0.2, -0.15) is 0 Å². The lowest BCUT2D eigenvalue weighted by molar-refractivity contribution is -0.120. The number of aryl methyl sites for hydroxylation is 2. The van der Waals surface area contributed by atoms with E-state index in [2.05, 4.69) is 29.4 Å². The molecule has 8 heteroatoms. The Morgan fingerprint density at radius 2 is 1.86 bits per heavy atom. The van der Waals surface area contributed by atoms with Crippen LogP contribution in [0.3, 0.4) is 0 Å². The summed E-state index contributed by atoms with van der Waals surface area (Å²) in [6.45, 7) is 9.31. The van der Waals surface area contributed by atoms with Crippen molar-refractivity contribution in [3.05, 3.63) is 41.2 Å². The Kier molecular flexibility index (Phi) is 8.04. The van der Waals surface area contributed by atoms with Gasteiger partial charge in [-0.3, -0.25) is 9.59 Å². The molecule has 1 heterocycles. The first kappa shape index (κ1) is 21.9. The summed E-state index contributed by atoms with van der Waals surface area (Å²) in [5.41, 5.74) is 7.51. The Balaban J connectivity index is 2.00. The molecular weight excluding hydrogens is 374 g/mol. The third-order valence-electron chi connectivity index (χ3n) is 4.17. The van der Waals surface area contributed by atoms with Gasteiger partial charge in [-0.15, -0.1) is 10.2 Å². The second kappa shape index (κ2) is 10.3. The molecule has 0 aliphatic rings. The van der Waals surface area contributed by atoms with Crippen LogP contribution in [0.5, 0.6) is 0 Å². The number of thioether (sulfide) groups is 1. The summed E-state index contributed by atoms with van der Waals surface area (Å²) in [7, 11) is 0. The zero-order valence-electron chi connectivity index (χ0n) is 16.9. The molecule has 2 amide bonds. The molecule has 1 aromatic carbocycles. The van der Waals surface area contributed by atoms with E-state index in [1.807, 2.05) is 42.7 Å². The number of rotatable bonds is 10. The second-order valence-electron chi connectivity index (χ2n) is 7.33. The molecule has 2 rings (SSSR count). The molecule has 0 bridgehead atoms. The third kappa shape index (κ3) is 6.67. The van der Waals surface area contributed by atoms with Crippen LogP contribution in [0.4, 0.5) is 0 Å². The molecule has 0 saturated heterocycles. The summed E-state index contributed by atoms with van der Waals surface area (Å²) >= 11 is 1.37. The Morgan fingerprint density at radius 1 is 1.18 bits per heavy atom. The van der Waals surface area contributed by atoms with E-state index in [1.165, 1.54) is 17.3 Å². The van der Waals surface area contributed by atoms with Gasteiger partial charge in [0.2, 0.25) is 11.8 Å². The van der Waals surface area contributed by atoms with Crippen LogP contribution in [0.25, 0.3) is 0 Å². The van der Waals surface area contributed by atoms with Gasteiger partial charge in [0, 0.05) is 25.9 Å². The minimum atomic E-state index is -0.364. The van der Waals surface area contributed by atoms with Crippen LogP contribution in [-0.2, 0) is 29.1 Å². The summed E-state index contributed by atoms with van der Waals surface area (Å²) in [6.07, 6.45) is 0.678. The van der Waals surface area contributed by atoms with Gasteiger partial charge in [-0.25, -0.2) is 0 Å². The van der Waals surface area contributed by atoms with Crippen molar-refractivity contribution in [3.63, 3.8) is 0 Å². The summed E-state index contributed by atoms with van der Waals surface area (Å²) < 4.78 is 1.99. The van der Waals surface area contributed by atoms with Crippen molar-refractivity contribution >= 4 is 23.6 Å². The summed E-state index contributed by atoms with van der Waals surface area (Å²) in [5.74, 6) is 0.691. The number of carbonyl (C=O) groups excluding carboxylic acids is 2. The molecule has 1 aromatic heterocycles. The number of nitrogens with zero attached hydrogens (tertiary/aromatic N) is 3. The molecule has 28 heavy (non-hydrogen) atoms. The van der Waals surface area contributed by atoms with Gasteiger partial charge < -0.3 is 15.6 Å². The van der Waals surface area contributed by atoms with Crippen molar-refractivity contribution in [2.24, 2.45) is 11.7 Å². The molecule has 0 aliphatic carbocycles. The molecule has 1 atom stereocenters. The summed E-state index contributed by atoms with van der Waals surface area (Å²) in [5, 5.41) is 11.8. The Morgan fingerprint density at radius 3 is 2.46 bits per heavy atom. The lowest BCUT2D eigenvalue weighted by Crippen LogP contribution is -2.30. The number of aromatic nitrogens is 3. The van der Waals surface area contributed by atoms with Crippen molar-refractivity contribution in [1.29, 1.82) is 0 Å². The van der Waals surface area contributed by atoms with Gasteiger partial charge in [0.15, 0.2) is 5.16 Å². The Bertz CT molecular complexity index is 801. The quantitative estimate of drug-likeness (QED) is 0.593. The molecule has 0 unspecified atom stereocenters. The third-order valence-corrected chi connectivity index (χ3v) is 5.26. The summed E-state index contributed by atoms with van der Waals surface area (Å²) in [4.78, 5) is 23.6. The number of hydrogen-bond donors (Lipinski definition) is 2. The minimum absolute atomic E-state index is 0.0524. The van der Waals surface area contributed by atoms with E-state index >= 15 is 0 Å². The first-order valence-corrected chi connectivity index (χ1v) is 10.3. The maximum atomic E-state index is 12.5. The monoisotopic (exact) mass is 403 g/mol. The Hall–Kier alpha value is -2.35. The number of nitrogens with two attached hydrogens (primary N) is 1. The van der Waals surface area contributed by atoms with Gasteiger partial charge in [-0.1, -0.05) is 55.4 Å². The predicted molar refractivity (Wildman–Crippen MR) is 111 cm³/mol. The normalized spacial score (nSPS) is 12.2. The molecule has 0 fully saturated rings. The lowest BCUT2D eigenvalue weighted by atomic mass is 10.1. The van der Waals surface area contributed by atoms with E-state index in [0.717, 1.165) is 17.9 Å². The summed E-state index contributed by atoms with van der Waals surface area (Å²) in [6, 6.07) is 8.08. The number of nitrogens with one attached hydrogen (secondary N) is 1. The van der Waals surface area contributed by atoms with Crippen LogP contribution in [-0.4, -0.2) is 31.8 Å². The van der Waals surface area contributed by atoms with E-state index in [0.29, 0.717) is 24.0 Å². The van der Waals surface area contributed by atoms with Crippen LogP contribution in [0, 0.1) is 12.8 Å². The predicted octanol–water partition coefficient (Wildman–Crippen LogP) is 2.46. The fourth-order valence-corrected chi connectivity index (χ4v) is 3.53. The molecule has 7 nitrogen and oxygen atoms in total. The van der Waals surface area contributed by atoms with Gasteiger partial charge in [0.25, 0.3) is 0 Å². The number of carbonyl (C=O) groups is 2. The first-order chi connectivity index (χ1) is 13.3. The standard InChI is InChI=1S/C20H29N5O2S/c1-13(2)12-25-18(10-9-17(21)26)23-24-20(25)28-15(4)19(27)22-11-16-7-5-14(3)6-8-16/h5-8,13,15H,9-12H2,1-4H3,(H2,21,26)(H,22,27)/t15-/m1/s1. The van der Waals surface area contributed by atoms with E-state index < -0.39 is 0 Å². The van der Waals surface area contributed by atoms with Gasteiger partial charge in [0.1, 0.15) is 5.82 Å². The van der Waals surface area contributed by atoms with Gasteiger partial charge in [0.05, 0.1) is 5.25 Å². The molecule has 0 aliphatic heterocycles. The number of amides is 2. The molecule has 0 spiro atoms. The van der Waals surface area contributed by atoms with Crippen molar-refractivity contribution in [2.75, 3.05) is 0 Å². The minimum Gasteiger partial charge on any atom is -0.370 e. The maximum absolute atomic E-state index is 12.5. The fraction of sp³-hybridized carbons (Fsp3) is 0.500. The molecule has 3 N–H and O–H groups in total.